The van der Waals surface area contributed by atoms with Crippen LogP contribution in [0.4, 0.5) is 0 Å². The smallest absolute Gasteiger partial charge is 0.304 e. The van der Waals surface area contributed by atoms with E-state index in [1.807, 2.05) is 0 Å². The van der Waals surface area contributed by atoms with E-state index in [0.717, 1.165) is 32.6 Å². The van der Waals surface area contributed by atoms with E-state index in [0.29, 0.717) is 12.6 Å². The minimum atomic E-state index is -0.700. The fourth-order valence-corrected chi connectivity index (χ4v) is 2.88. The highest BCUT2D eigenvalue weighted by molar-refractivity contribution is 5.66. The maximum Gasteiger partial charge on any atom is 0.304 e. The Morgan fingerprint density at radius 3 is 2.48 bits per heavy atom. The average Bonchev–Trinajstić information content (AvgIpc) is 2.52. The maximum atomic E-state index is 10.6. The van der Waals surface area contributed by atoms with Crippen LogP contribution in [0.2, 0.25) is 0 Å². The topological polar surface area (TPSA) is 43.8 Å². The number of carbonyl (C=O) groups is 1. The number of aliphatic carboxylic acids is 1. The first kappa shape index (κ1) is 16.0. The van der Waals surface area contributed by atoms with E-state index in [9.17, 15) is 4.79 Å². The molecule has 1 aliphatic heterocycles. The summed E-state index contributed by atoms with van der Waals surface area (Å²) in [5.41, 5.74) is 1.41. The molecule has 21 heavy (non-hydrogen) atoms. The van der Waals surface area contributed by atoms with Crippen LogP contribution in [-0.4, -0.2) is 59.6 Å². The number of benzene rings is 1. The van der Waals surface area contributed by atoms with Crippen LogP contribution < -0.4 is 0 Å². The number of nitrogens with zero attached hydrogens (tertiary/aromatic N) is 2. The van der Waals surface area contributed by atoms with Crippen LogP contribution in [0.25, 0.3) is 0 Å². The Morgan fingerprint density at radius 2 is 1.86 bits per heavy atom. The summed E-state index contributed by atoms with van der Waals surface area (Å²) in [6, 6.07) is 11.2. The van der Waals surface area contributed by atoms with E-state index >= 15 is 0 Å². The second kappa shape index (κ2) is 8.15. The molecule has 1 aromatic carbocycles. The molecule has 0 radical (unpaired) electrons. The molecule has 4 nitrogen and oxygen atoms in total. The highest BCUT2D eigenvalue weighted by Gasteiger charge is 2.21. The molecule has 1 saturated heterocycles. The van der Waals surface area contributed by atoms with Crippen molar-refractivity contribution in [3.63, 3.8) is 0 Å². The number of rotatable bonds is 7. The summed E-state index contributed by atoms with van der Waals surface area (Å²) in [6.07, 6.45) is 2.56. The van der Waals surface area contributed by atoms with Gasteiger partial charge in [-0.3, -0.25) is 9.69 Å². The summed E-state index contributed by atoms with van der Waals surface area (Å²) in [7, 11) is 0. The lowest BCUT2D eigenvalue weighted by Crippen LogP contribution is -2.49. The van der Waals surface area contributed by atoms with Crippen LogP contribution in [0.3, 0.4) is 0 Å². The highest BCUT2D eigenvalue weighted by atomic mass is 16.4. The lowest BCUT2D eigenvalue weighted by Gasteiger charge is -2.38. The second-order valence-corrected chi connectivity index (χ2v) is 5.89. The van der Waals surface area contributed by atoms with E-state index < -0.39 is 5.97 Å². The summed E-state index contributed by atoms with van der Waals surface area (Å²) in [6.45, 7) is 7.06. The Bertz CT molecular complexity index is 428. The normalized spacial score (nSPS) is 18.5. The Labute approximate surface area is 127 Å². The average molecular weight is 290 g/mol. The van der Waals surface area contributed by atoms with Crippen molar-refractivity contribution in [2.24, 2.45) is 0 Å². The van der Waals surface area contributed by atoms with Crippen LogP contribution in [0.5, 0.6) is 0 Å². The van der Waals surface area contributed by atoms with Gasteiger partial charge in [0, 0.05) is 38.8 Å². The molecule has 0 aromatic heterocycles. The fourth-order valence-electron chi connectivity index (χ4n) is 2.88. The summed E-state index contributed by atoms with van der Waals surface area (Å²) >= 11 is 0. The van der Waals surface area contributed by atoms with E-state index in [4.69, 9.17) is 5.11 Å². The number of hydrogen-bond acceptors (Lipinski definition) is 3. The largest absolute Gasteiger partial charge is 0.481 e. The molecule has 1 heterocycles. The van der Waals surface area contributed by atoms with Crippen LogP contribution in [0, 0.1) is 0 Å². The Balaban J connectivity index is 1.68. The molecule has 0 amide bonds. The van der Waals surface area contributed by atoms with Crippen molar-refractivity contribution in [3.05, 3.63) is 35.9 Å². The maximum absolute atomic E-state index is 10.6. The summed E-state index contributed by atoms with van der Waals surface area (Å²) in [5.74, 6) is -0.700. The van der Waals surface area contributed by atoms with Crippen molar-refractivity contribution in [2.45, 2.75) is 32.2 Å². The first-order chi connectivity index (χ1) is 10.1. The molecule has 2 rings (SSSR count). The predicted octanol–water partition coefficient (Wildman–Crippen LogP) is 2.10. The Hall–Kier alpha value is -1.39. The Kier molecular flexibility index (Phi) is 6.21. The predicted molar refractivity (Wildman–Crippen MR) is 84.5 cm³/mol. The lowest BCUT2D eigenvalue weighted by atomic mass is 10.0. The molecular weight excluding hydrogens is 264 g/mol. The summed E-state index contributed by atoms with van der Waals surface area (Å²) < 4.78 is 0. The quantitative estimate of drug-likeness (QED) is 0.835. The van der Waals surface area contributed by atoms with Gasteiger partial charge in [0.15, 0.2) is 0 Å². The van der Waals surface area contributed by atoms with E-state index in [1.165, 1.54) is 12.0 Å². The standard InChI is InChI=1S/C17H26N2O2/c1-15(7-8-16-5-3-2-4-6-16)19-13-11-18(12-14-19)10-9-17(20)21/h2-6,15H,7-14H2,1H3,(H,20,21). The minimum Gasteiger partial charge on any atom is -0.481 e. The molecule has 1 unspecified atom stereocenters. The van der Waals surface area contributed by atoms with Crippen molar-refractivity contribution in [2.75, 3.05) is 32.7 Å². The van der Waals surface area contributed by atoms with Gasteiger partial charge in [-0.15, -0.1) is 0 Å². The summed E-state index contributed by atoms with van der Waals surface area (Å²) in [4.78, 5) is 15.4. The van der Waals surface area contributed by atoms with E-state index in [1.54, 1.807) is 0 Å². The minimum absolute atomic E-state index is 0.254. The van der Waals surface area contributed by atoms with Crippen LogP contribution in [0.1, 0.15) is 25.3 Å². The fraction of sp³-hybridized carbons (Fsp3) is 0.588. The number of aryl methyl sites for hydroxylation is 1. The molecule has 1 N–H and O–H groups in total. The number of hydrogen-bond donors (Lipinski definition) is 1. The Morgan fingerprint density at radius 1 is 1.19 bits per heavy atom. The molecule has 0 saturated carbocycles. The van der Waals surface area contributed by atoms with Gasteiger partial charge in [-0.2, -0.15) is 0 Å². The zero-order valence-electron chi connectivity index (χ0n) is 12.9. The van der Waals surface area contributed by atoms with Gasteiger partial charge in [0.1, 0.15) is 0 Å². The van der Waals surface area contributed by atoms with Gasteiger partial charge < -0.3 is 10.0 Å². The molecule has 1 fully saturated rings. The molecule has 0 spiro atoms. The molecule has 4 heteroatoms. The molecule has 1 aromatic rings. The van der Waals surface area contributed by atoms with Gasteiger partial charge in [0.05, 0.1) is 6.42 Å². The van der Waals surface area contributed by atoms with Crippen LogP contribution in [0.15, 0.2) is 30.3 Å². The van der Waals surface area contributed by atoms with Crippen molar-refractivity contribution in [1.29, 1.82) is 0 Å². The zero-order chi connectivity index (χ0) is 15.1. The molecule has 0 aliphatic carbocycles. The monoisotopic (exact) mass is 290 g/mol. The van der Waals surface area contributed by atoms with Gasteiger partial charge in [0.2, 0.25) is 0 Å². The van der Waals surface area contributed by atoms with E-state index in [-0.39, 0.29) is 6.42 Å². The van der Waals surface area contributed by atoms with Gasteiger partial charge in [-0.05, 0) is 25.3 Å². The molecule has 1 aliphatic rings. The number of carboxylic acid groups (broad SMARTS) is 1. The number of carboxylic acids is 1. The van der Waals surface area contributed by atoms with Gasteiger partial charge >= 0.3 is 5.97 Å². The highest BCUT2D eigenvalue weighted by Crippen LogP contribution is 2.12. The lowest BCUT2D eigenvalue weighted by molar-refractivity contribution is -0.137. The summed E-state index contributed by atoms with van der Waals surface area (Å²) in [5, 5.41) is 8.73. The van der Waals surface area contributed by atoms with Crippen molar-refractivity contribution in [1.82, 2.24) is 9.80 Å². The van der Waals surface area contributed by atoms with Crippen molar-refractivity contribution >= 4 is 5.97 Å². The SMILES string of the molecule is CC(CCc1ccccc1)N1CCN(CCC(=O)O)CC1. The number of piperazine rings is 1. The molecular formula is C17H26N2O2. The van der Waals surface area contributed by atoms with Crippen molar-refractivity contribution in [3.8, 4) is 0 Å². The second-order valence-electron chi connectivity index (χ2n) is 5.89. The molecule has 116 valence electrons. The first-order valence-corrected chi connectivity index (χ1v) is 7.87. The van der Waals surface area contributed by atoms with E-state index in [2.05, 4.69) is 47.1 Å². The van der Waals surface area contributed by atoms with Gasteiger partial charge in [-0.25, -0.2) is 0 Å². The van der Waals surface area contributed by atoms with Gasteiger partial charge in [0.25, 0.3) is 0 Å². The van der Waals surface area contributed by atoms with Crippen LogP contribution >= 0.6 is 0 Å². The third-order valence-electron chi connectivity index (χ3n) is 4.37. The third kappa shape index (κ3) is 5.48. The molecule has 0 bridgehead atoms. The van der Waals surface area contributed by atoms with Gasteiger partial charge in [-0.1, -0.05) is 30.3 Å². The zero-order valence-corrected chi connectivity index (χ0v) is 12.9. The first-order valence-electron chi connectivity index (χ1n) is 7.87. The van der Waals surface area contributed by atoms with Crippen molar-refractivity contribution < 1.29 is 9.90 Å². The third-order valence-corrected chi connectivity index (χ3v) is 4.37. The molecule has 1 atom stereocenters. The van der Waals surface area contributed by atoms with Crippen LogP contribution in [-0.2, 0) is 11.2 Å².